The minimum Gasteiger partial charge on any atom is -0.381 e. The van der Waals surface area contributed by atoms with E-state index in [1.165, 1.54) is 12.8 Å². The highest BCUT2D eigenvalue weighted by Crippen LogP contribution is 2.28. The third-order valence-electron chi connectivity index (χ3n) is 3.92. The van der Waals surface area contributed by atoms with Crippen molar-refractivity contribution in [2.24, 2.45) is 5.92 Å². The Kier molecular flexibility index (Phi) is 4.25. The van der Waals surface area contributed by atoms with Gasteiger partial charge < -0.3 is 15.0 Å². The number of carbonyl (C=O) groups is 1. The molecule has 3 rings (SSSR count). The van der Waals surface area contributed by atoms with Gasteiger partial charge in [0, 0.05) is 36.4 Å². The van der Waals surface area contributed by atoms with Gasteiger partial charge in [-0.1, -0.05) is 18.2 Å². The number of aromatic nitrogens is 1. The Morgan fingerprint density at radius 3 is 3.00 bits per heavy atom. The third kappa shape index (κ3) is 3.45. The first-order chi connectivity index (χ1) is 10.3. The van der Waals surface area contributed by atoms with Gasteiger partial charge in [0.05, 0.1) is 5.56 Å². The number of fused-ring (bicyclic) bond motifs is 1. The van der Waals surface area contributed by atoms with Gasteiger partial charge in [-0.25, -0.2) is 0 Å². The zero-order valence-electron chi connectivity index (χ0n) is 12.4. The molecule has 21 heavy (non-hydrogen) atoms. The van der Waals surface area contributed by atoms with Crippen LogP contribution in [0.4, 0.5) is 0 Å². The zero-order chi connectivity index (χ0) is 14.7. The van der Waals surface area contributed by atoms with Crippen LogP contribution in [0.3, 0.4) is 0 Å². The van der Waals surface area contributed by atoms with E-state index in [0.29, 0.717) is 6.54 Å². The topological polar surface area (TPSA) is 54.1 Å². The molecule has 2 N–H and O–H groups in total. The fraction of sp³-hybridized carbons (Fsp3) is 0.471. The second-order valence-electron chi connectivity index (χ2n) is 5.80. The Bertz CT molecular complexity index is 629. The molecule has 2 aromatic rings. The summed E-state index contributed by atoms with van der Waals surface area (Å²) in [6, 6.07) is 7.90. The first kappa shape index (κ1) is 14.1. The Hall–Kier alpha value is -1.81. The van der Waals surface area contributed by atoms with Crippen LogP contribution in [0.2, 0.25) is 0 Å². The lowest BCUT2D eigenvalue weighted by Crippen LogP contribution is -2.25. The summed E-state index contributed by atoms with van der Waals surface area (Å²) in [5, 5.41) is 3.97. The van der Waals surface area contributed by atoms with Gasteiger partial charge >= 0.3 is 0 Å². The van der Waals surface area contributed by atoms with Gasteiger partial charge in [-0.05, 0) is 38.2 Å². The summed E-state index contributed by atoms with van der Waals surface area (Å²) in [5.74, 6) is 0.792. The number of aryl methyl sites for hydroxylation is 1. The monoisotopic (exact) mass is 286 g/mol. The molecular weight excluding hydrogens is 264 g/mol. The fourth-order valence-corrected chi connectivity index (χ4v) is 2.57. The molecule has 1 heterocycles. The number of para-hydroxylation sites is 1. The van der Waals surface area contributed by atoms with Crippen LogP contribution in [-0.4, -0.2) is 30.6 Å². The maximum Gasteiger partial charge on any atom is 0.253 e. The summed E-state index contributed by atoms with van der Waals surface area (Å²) in [6.45, 7) is 4.20. The van der Waals surface area contributed by atoms with E-state index in [0.717, 1.165) is 47.7 Å². The van der Waals surface area contributed by atoms with Gasteiger partial charge in [0.2, 0.25) is 0 Å². The van der Waals surface area contributed by atoms with E-state index in [9.17, 15) is 4.79 Å². The maximum atomic E-state index is 12.3. The maximum absolute atomic E-state index is 12.3. The van der Waals surface area contributed by atoms with Crippen LogP contribution in [0.5, 0.6) is 0 Å². The lowest BCUT2D eigenvalue weighted by Gasteiger charge is -2.06. The molecule has 0 radical (unpaired) electrons. The number of amides is 1. The molecule has 0 bridgehead atoms. The van der Waals surface area contributed by atoms with E-state index < -0.39 is 0 Å². The zero-order valence-corrected chi connectivity index (χ0v) is 12.4. The molecule has 4 heteroatoms. The normalized spacial score (nSPS) is 14.5. The van der Waals surface area contributed by atoms with E-state index in [2.05, 4.69) is 10.3 Å². The predicted octanol–water partition coefficient (Wildman–Crippen LogP) is 3.02. The number of H-pyrrole nitrogens is 1. The summed E-state index contributed by atoms with van der Waals surface area (Å²) in [7, 11) is 0. The van der Waals surface area contributed by atoms with E-state index >= 15 is 0 Å². The summed E-state index contributed by atoms with van der Waals surface area (Å²) in [4.78, 5) is 15.6. The summed E-state index contributed by atoms with van der Waals surface area (Å²) in [6.07, 6.45) is 3.49. The van der Waals surface area contributed by atoms with Crippen molar-refractivity contribution in [2.45, 2.75) is 26.2 Å². The number of carbonyl (C=O) groups excluding carboxylic acids is 1. The van der Waals surface area contributed by atoms with E-state index in [4.69, 9.17) is 4.74 Å². The van der Waals surface area contributed by atoms with Crippen LogP contribution < -0.4 is 5.32 Å². The van der Waals surface area contributed by atoms with Crippen molar-refractivity contribution in [1.29, 1.82) is 0 Å². The number of ether oxygens (including phenoxy) is 1. The Morgan fingerprint density at radius 2 is 2.19 bits per heavy atom. The average Bonchev–Trinajstić information content (AvgIpc) is 3.23. The minimum absolute atomic E-state index is 0.00728. The number of benzene rings is 1. The molecule has 0 unspecified atom stereocenters. The molecule has 1 aromatic carbocycles. The van der Waals surface area contributed by atoms with Gasteiger partial charge in [-0.2, -0.15) is 0 Å². The van der Waals surface area contributed by atoms with Gasteiger partial charge in [0.15, 0.2) is 0 Å². The van der Waals surface area contributed by atoms with Crippen LogP contribution in [0, 0.1) is 12.8 Å². The van der Waals surface area contributed by atoms with E-state index in [-0.39, 0.29) is 5.91 Å². The molecule has 1 saturated carbocycles. The minimum atomic E-state index is -0.00728. The van der Waals surface area contributed by atoms with Crippen molar-refractivity contribution in [1.82, 2.24) is 10.3 Å². The SMILES string of the molecule is Cc1[nH]c2ccccc2c1C(=O)NCCCOCC1CC1. The first-order valence-corrected chi connectivity index (χ1v) is 7.69. The summed E-state index contributed by atoms with van der Waals surface area (Å²) >= 11 is 0. The average molecular weight is 286 g/mol. The molecule has 1 fully saturated rings. The predicted molar refractivity (Wildman–Crippen MR) is 83.5 cm³/mol. The number of aromatic amines is 1. The molecule has 1 aliphatic carbocycles. The van der Waals surface area contributed by atoms with Crippen LogP contribution in [0.1, 0.15) is 35.3 Å². The first-order valence-electron chi connectivity index (χ1n) is 7.69. The summed E-state index contributed by atoms with van der Waals surface area (Å²) in [5.41, 5.74) is 2.68. The second-order valence-corrected chi connectivity index (χ2v) is 5.80. The number of rotatable bonds is 7. The number of hydrogen-bond donors (Lipinski definition) is 2. The van der Waals surface area contributed by atoms with Gasteiger partial charge in [-0.3, -0.25) is 4.79 Å². The van der Waals surface area contributed by atoms with Crippen molar-refractivity contribution in [3.05, 3.63) is 35.5 Å². The fourth-order valence-electron chi connectivity index (χ4n) is 2.57. The van der Waals surface area contributed by atoms with Crippen molar-refractivity contribution in [2.75, 3.05) is 19.8 Å². The van der Waals surface area contributed by atoms with E-state index in [1.54, 1.807) is 0 Å². The largest absolute Gasteiger partial charge is 0.381 e. The molecule has 4 nitrogen and oxygen atoms in total. The molecule has 1 amide bonds. The molecule has 1 aliphatic rings. The van der Waals surface area contributed by atoms with Crippen molar-refractivity contribution < 1.29 is 9.53 Å². The molecule has 0 saturated heterocycles. The standard InChI is InChI=1S/C17H22N2O2/c1-12-16(14-5-2-3-6-15(14)19-12)17(20)18-9-4-10-21-11-13-7-8-13/h2-3,5-6,13,19H,4,7-11H2,1H3,(H,18,20). The quantitative estimate of drug-likeness (QED) is 0.769. The van der Waals surface area contributed by atoms with Crippen molar-refractivity contribution >= 4 is 16.8 Å². The number of nitrogens with one attached hydrogen (secondary N) is 2. The van der Waals surface area contributed by atoms with Crippen molar-refractivity contribution in [3.8, 4) is 0 Å². The van der Waals surface area contributed by atoms with Gasteiger partial charge in [0.1, 0.15) is 0 Å². The smallest absolute Gasteiger partial charge is 0.253 e. The molecule has 0 spiro atoms. The Morgan fingerprint density at radius 1 is 1.38 bits per heavy atom. The lowest BCUT2D eigenvalue weighted by atomic mass is 10.1. The molecule has 0 aliphatic heterocycles. The van der Waals surface area contributed by atoms with Crippen LogP contribution in [0.25, 0.3) is 10.9 Å². The molecular formula is C17H22N2O2. The highest BCUT2D eigenvalue weighted by atomic mass is 16.5. The highest BCUT2D eigenvalue weighted by Gasteiger charge is 2.20. The van der Waals surface area contributed by atoms with E-state index in [1.807, 2.05) is 31.2 Å². The third-order valence-corrected chi connectivity index (χ3v) is 3.92. The van der Waals surface area contributed by atoms with Gasteiger partial charge in [-0.15, -0.1) is 0 Å². The van der Waals surface area contributed by atoms with Crippen LogP contribution in [-0.2, 0) is 4.74 Å². The molecule has 0 atom stereocenters. The second kappa shape index (κ2) is 6.31. The Labute approximate surface area is 124 Å². The number of hydrogen-bond acceptors (Lipinski definition) is 2. The highest BCUT2D eigenvalue weighted by molar-refractivity contribution is 6.08. The Balaban J connectivity index is 1.50. The van der Waals surface area contributed by atoms with Crippen LogP contribution >= 0.6 is 0 Å². The lowest BCUT2D eigenvalue weighted by molar-refractivity contribution is 0.0938. The van der Waals surface area contributed by atoms with Crippen molar-refractivity contribution in [3.63, 3.8) is 0 Å². The molecule has 112 valence electrons. The van der Waals surface area contributed by atoms with Crippen LogP contribution in [0.15, 0.2) is 24.3 Å². The summed E-state index contributed by atoms with van der Waals surface area (Å²) < 4.78 is 5.57. The molecule has 1 aromatic heterocycles. The van der Waals surface area contributed by atoms with Gasteiger partial charge in [0.25, 0.3) is 5.91 Å².